The molecule has 0 unspecified atom stereocenters. The van der Waals surface area contributed by atoms with Crippen LogP contribution in [0.5, 0.6) is 0 Å². The minimum absolute atomic E-state index is 0.257. The van der Waals surface area contributed by atoms with Crippen molar-refractivity contribution in [2.45, 2.75) is 0 Å². The first kappa shape index (κ1) is 14.8. The molecule has 22 heavy (non-hydrogen) atoms. The van der Waals surface area contributed by atoms with E-state index in [9.17, 15) is 4.39 Å². The standard InChI is InChI=1S/C19H15BrFN/c1-13-11-12-15(14-7-4-3-5-8-14)19(22(13)2)18-16(20)9-6-10-17(18)21/h3-12H,1H2,2H3. The van der Waals surface area contributed by atoms with E-state index in [-0.39, 0.29) is 5.82 Å². The van der Waals surface area contributed by atoms with E-state index in [0.29, 0.717) is 5.56 Å². The van der Waals surface area contributed by atoms with Crippen molar-refractivity contribution in [2.24, 2.45) is 0 Å². The van der Waals surface area contributed by atoms with E-state index in [1.54, 1.807) is 6.07 Å². The number of hydrogen-bond donors (Lipinski definition) is 0. The summed E-state index contributed by atoms with van der Waals surface area (Å²) in [5, 5.41) is 0. The van der Waals surface area contributed by atoms with Gasteiger partial charge in [-0.1, -0.05) is 49.1 Å². The summed E-state index contributed by atoms with van der Waals surface area (Å²) in [5.41, 5.74) is 4.20. The van der Waals surface area contributed by atoms with Gasteiger partial charge in [0, 0.05) is 28.4 Å². The van der Waals surface area contributed by atoms with Gasteiger partial charge in [0.25, 0.3) is 0 Å². The maximum Gasteiger partial charge on any atom is 0.133 e. The van der Waals surface area contributed by atoms with Crippen molar-refractivity contribution in [3.8, 4) is 0 Å². The molecular weight excluding hydrogens is 341 g/mol. The molecule has 0 aromatic heterocycles. The summed E-state index contributed by atoms with van der Waals surface area (Å²) in [4.78, 5) is 1.92. The monoisotopic (exact) mass is 355 g/mol. The van der Waals surface area contributed by atoms with E-state index in [1.165, 1.54) is 6.07 Å². The van der Waals surface area contributed by atoms with Gasteiger partial charge in [-0.3, -0.25) is 0 Å². The molecule has 2 aromatic rings. The molecule has 1 heterocycles. The summed E-state index contributed by atoms with van der Waals surface area (Å²) in [7, 11) is 1.91. The minimum atomic E-state index is -0.257. The smallest absolute Gasteiger partial charge is 0.133 e. The Balaban J connectivity index is 2.32. The molecule has 0 saturated heterocycles. The molecule has 0 fully saturated rings. The van der Waals surface area contributed by atoms with Gasteiger partial charge >= 0.3 is 0 Å². The van der Waals surface area contributed by atoms with Crippen LogP contribution < -0.4 is 0 Å². The second kappa shape index (κ2) is 5.93. The van der Waals surface area contributed by atoms with E-state index in [1.807, 2.05) is 60.5 Å². The highest BCUT2D eigenvalue weighted by molar-refractivity contribution is 9.10. The van der Waals surface area contributed by atoms with Crippen LogP contribution >= 0.6 is 15.9 Å². The number of hydrogen-bond acceptors (Lipinski definition) is 1. The van der Waals surface area contributed by atoms with Crippen molar-refractivity contribution < 1.29 is 4.39 Å². The zero-order chi connectivity index (χ0) is 15.7. The Bertz CT molecular complexity index is 770. The molecular formula is C19H15BrFN. The summed E-state index contributed by atoms with van der Waals surface area (Å²) in [5.74, 6) is -0.257. The van der Waals surface area contributed by atoms with Crippen LogP contribution in [0.4, 0.5) is 4.39 Å². The van der Waals surface area contributed by atoms with Crippen molar-refractivity contribution in [3.63, 3.8) is 0 Å². The van der Waals surface area contributed by atoms with E-state index < -0.39 is 0 Å². The van der Waals surface area contributed by atoms with Crippen molar-refractivity contribution in [1.82, 2.24) is 4.90 Å². The summed E-state index contributed by atoms with van der Waals surface area (Å²) in [6.45, 7) is 4.03. The fourth-order valence-electron chi connectivity index (χ4n) is 2.57. The Morgan fingerprint density at radius 2 is 1.73 bits per heavy atom. The van der Waals surface area contributed by atoms with E-state index >= 15 is 0 Å². The van der Waals surface area contributed by atoms with Gasteiger partial charge in [0.2, 0.25) is 0 Å². The largest absolute Gasteiger partial charge is 0.344 e. The van der Waals surface area contributed by atoms with Crippen molar-refractivity contribution >= 4 is 27.2 Å². The minimum Gasteiger partial charge on any atom is -0.344 e. The molecule has 1 aliphatic heterocycles. The summed E-state index contributed by atoms with van der Waals surface area (Å²) >= 11 is 3.48. The maximum atomic E-state index is 14.5. The predicted octanol–water partition coefficient (Wildman–Crippen LogP) is 5.47. The third kappa shape index (κ3) is 2.53. The zero-order valence-corrected chi connectivity index (χ0v) is 13.8. The van der Waals surface area contributed by atoms with Crippen molar-refractivity contribution in [2.75, 3.05) is 7.05 Å². The lowest BCUT2D eigenvalue weighted by Gasteiger charge is -2.30. The number of rotatable bonds is 2. The molecule has 0 bridgehead atoms. The average molecular weight is 356 g/mol. The van der Waals surface area contributed by atoms with Crippen molar-refractivity contribution in [3.05, 3.63) is 94.4 Å². The van der Waals surface area contributed by atoms with Crippen LogP contribution in [-0.4, -0.2) is 11.9 Å². The highest BCUT2D eigenvalue weighted by Gasteiger charge is 2.23. The highest BCUT2D eigenvalue weighted by atomic mass is 79.9. The molecule has 0 atom stereocenters. The van der Waals surface area contributed by atoms with E-state index in [4.69, 9.17) is 0 Å². The van der Waals surface area contributed by atoms with Gasteiger partial charge in [-0.05, 0) is 39.7 Å². The molecule has 0 N–H and O–H groups in total. The zero-order valence-electron chi connectivity index (χ0n) is 12.2. The molecule has 2 aromatic carbocycles. The summed E-state index contributed by atoms with van der Waals surface area (Å²) in [6, 6.07) is 15.0. The summed E-state index contributed by atoms with van der Waals surface area (Å²) in [6.07, 6.45) is 3.94. The molecule has 110 valence electrons. The molecule has 0 amide bonds. The van der Waals surface area contributed by atoms with Crippen LogP contribution in [0.25, 0.3) is 11.3 Å². The van der Waals surface area contributed by atoms with Crippen LogP contribution in [0.15, 0.2) is 77.4 Å². The first-order valence-corrected chi connectivity index (χ1v) is 7.73. The predicted molar refractivity (Wildman–Crippen MR) is 93.4 cm³/mol. The van der Waals surface area contributed by atoms with Gasteiger partial charge < -0.3 is 4.90 Å². The second-order valence-corrected chi connectivity index (χ2v) is 5.96. The fourth-order valence-corrected chi connectivity index (χ4v) is 3.10. The van der Waals surface area contributed by atoms with Gasteiger partial charge in [0.05, 0.1) is 5.70 Å². The Morgan fingerprint density at radius 3 is 2.41 bits per heavy atom. The molecule has 0 radical (unpaired) electrons. The van der Waals surface area contributed by atoms with Gasteiger partial charge in [-0.15, -0.1) is 0 Å². The maximum absolute atomic E-state index is 14.5. The van der Waals surface area contributed by atoms with Gasteiger partial charge in [-0.2, -0.15) is 0 Å². The highest BCUT2D eigenvalue weighted by Crippen LogP contribution is 2.39. The molecule has 3 heteroatoms. The third-order valence-electron chi connectivity index (χ3n) is 3.75. The number of allylic oxidation sites excluding steroid dienone is 3. The molecule has 0 aliphatic carbocycles. The first-order valence-electron chi connectivity index (χ1n) is 6.94. The van der Waals surface area contributed by atoms with Crippen LogP contribution in [0, 0.1) is 5.82 Å². The average Bonchev–Trinajstić information content (AvgIpc) is 2.52. The lowest BCUT2D eigenvalue weighted by atomic mass is 9.95. The Kier molecular flexibility index (Phi) is 3.99. The van der Waals surface area contributed by atoms with Gasteiger partial charge in [0.1, 0.15) is 5.82 Å². The van der Waals surface area contributed by atoms with Crippen LogP contribution in [0.1, 0.15) is 11.1 Å². The fraction of sp³-hybridized carbons (Fsp3) is 0.0526. The Hall–Kier alpha value is -2.13. The van der Waals surface area contributed by atoms with Crippen molar-refractivity contribution in [1.29, 1.82) is 0 Å². The van der Waals surface area contributed by atoms with Crippen LogP contribution in [-0.2, 0) is 0 Å². The second-order valence-electron chi connectivity index (χ2n) is 5.11. The molecule has 0 saturated carbocycles. The number of likely N-dealkylation sites (N-methyl/N-ethyl adjacent to an activating group) is 1. The molecule has 3 rings (SSSR count). The quantitative estimate of drug-likeness (QED) is 0.690. The SMILES string of the molecule is C=C1C=CC(c2ccccc2)=C(c2c(F)cccc2Br)N1C. The van der Waals surface area contributed by atoms with Crippen LogP contribution in [0.2, 0.25) is 0 Å². The number of nitrogens with zero attached hydrogens (tertiary/aromatic N) is 1. The van der Waals surface area contributed by atoms with Gasteiger partial charge in [0.15, 0.2) is 0 Å². The lowest BCUT2D eigenvalue weighted by molar-refractivity contribution is 0.587. The molecule has 1 nitrogen and oxygen atoms in total. The molecule has 1 aliphatic rings. The molecule has 0 spiro atoms. The van der Waals surface area contributed by atoms with Gasteiger partial charge in [-0.25, -0.2) is 4.39 Å². The Labute approximate surface area is 138 Å². The van der Waals surface area contributed by atoms with E-state index in [2.05, 4.69) is 22.5 Å². The normalized spacial score (nSPS) is 14.7. The Morgan fingerprint density at radius 1 is 1.00 bits per heavy atom. The third-order valence-corrected chi connectivity index (χ3v) is 4.41. The topological polar surface area (TPSA) is 3.24 Å². The number of halogens is 2. The lowest BCUT2D eigenvalue weighted by Crippen LogP contribution is -2.19. The summed E-state index contributed by atoms with van der Waals surface area (Å²) < 4.78 is 15.2. The first-order chi connectivity index (χ1) is 10.6. The number of benzene rings is 2. The van der Waals surface area contributed by atoms with E-state index in [0.717, 1.165) is 27.0 Å². The van der Waals surface area contributed by atoms with Crippen LogP contribution in [0.3, 0.4) is 0 Å².